The van der Waals surface area contributed by atoms with Gasteiger partial charge in [0.15, 0.2) is 6.61 Å². The molecular weight excluding hydrogens is 286 g/mol. The molecule has 5 nitrogen and oxygen atoms in total. The maximum atomic E-state index is 11.8. The van der Waals surface area contributed by atoms with Crippen molar-refractivity contribution in [2.45, 2.75) is 6.54 Å². The molecule has 1 N–H and O–H groups in total. The van der Waals surface area contributed by atoms with E-state index in [2.05, 4.69) is 14.1 Å². The quantitative estimate of drug-likeness (QED) is 0.785. The molecule has 1 heterocycles. The lowest BCUT2D eigenvalue weighted by molar-refractivity contribution is -0.123. The average Bonchev–Trinajstić information content (AvgIpc) is 3.01. The van der Waals surface area contributed by atoms with Gasteiger partial charge in [-0.25, -0.2) is 0 Å². The number of rotatable bonds is 5. The molecular formula is C15H13N3O2S. The highest BCUT2D eigenvalue weighted by Crippen LogP contribution is 2.23. The van der Waals surface area contributed by atoms with Gasteiger partial charge in [0.2, 0.25) is 0 Å². The average molecular weight is 299 g/mol. The molecule has 0 radical (unpaired) electrons. The first-order valence-electron chi connectivity index (χ1n) is 6.47. The predicted molar refractivity (Wildman–Crippen MR) is 81.2 cm³/mol. The number of ether oxygens (including phenoxy) is 1. The molecule has 2 aromatic carbocycles. The minimum absolute atomic E-state index is 0.0382. The number of aromatic nitrogens is 2. The van der Waals surface area contributed by atoms with E-state index in [1.807, 2.05) is 42.5 Å². The predicted octanol–water partition coefficient (Wildman–Crippen LogP) is 2.39. The molecule has 0 aliphatic heterocycles. The van der Waals surface area contributed by atoms with E-state index in [0.717, 1.165) is 22.8 Å². The van der Waals surface area contributed by atoms with Crippen LogP contribution in [0.3, 0.4) is 0 Å². The summed E-state index contributed by atoms with van der Waals surface area (Å²) in [6.07, 6.45) is 0. The molecule has 0 bridgehead atoms. The van der Waals surface area contributed by atoms with Crippen LogP contribution in [0, 0.1) is 0 Å². The molecule has 0 spiro atoms. The van der Waals surface area contributed by atoms with Crippen molar-refractivity contribution in [1.82, 2.24) is 14.1 Å². The number of nitrogens with one attached hydrogen (secondary N) is 1. The summed E-state index contributed by atoms with van der Waals surface area (Å²) < 4.78 is 13.8. The fraction of sp³-hybridized carbons (Fsp3) is 0.133. The highest BCUT2D eigenvalue weighted by Gasteiger charge is 2.08. The summed E-state index contributed by atoms with van der Waals surface area (Å²) in [7, 11) is 0. The third kappa shape index (κ3) is 3.35. The van der Waals surface area contributed by atoms with Crippen molar-refractivity contribution in [1.29, 1.82) is 0 Å². The zero-order valence-electron chi connectivity index (χ0n) is 11.2. The molecule has 0 fully saturated rings. The van der Waals surface area contributed by atoms with Gasteiger partial charge in [0.25, 0.3) is 5.91 Å². The van der Waals surface area contributed by atoms with Gasteiger partial charge < -0.3 is 10.1 Å². The second-order valence-electron chi connectivity index (χ2n) is 4.44. The number of carbonyl (C=O) groups is 1. The van der Waals surface area contributed by atoms with Gasteiger partial charge in [-0.15, -0.1) is 0 Å². The molecule has 1 amide bonds. The number of hydrogen-bond donors (Lipinski definition) is 1. The smallest absolute Gasteiger partial charge is 0.258 e. The number of benzene rings is 2. The first-order valence-corrected chi connectivity index (χ1v) is 7.20. The fourth-order valence-electron chi connectivity index (χ4n) is 1.89. The van der Waals surface area contributed by atoms with Crippen LogP contribution in [0.25, 0.3) is 11.0 Å². The second-order valence-corrected chi connectivity index (χ2v) is 4.97. The van der Waals surface area contributed by atoms with Crippen molar-refractivity contribution >= 4 is 28.7 Å². The molecule has 0 saturated heterocycles. The van der Waals surface area contributed by atoms with E-state index in [4.69, 9.17) is 4.74 Å². The van der Waals surface area contributed by atoms with Gasteiger partial charge in [0, 0.05) is 6.54 Å². The van der Waals surface area contributed by atoms with Crippen molar-refractivity contribution in [2.75, 3.05) is 6.61 Å². The van der Waals surface area contributed by atoms with E-state index < -0.39 is 0 Å². The summed E-state index contributed by atoms with van der Waals surface area (Å²) in [4.78, 5) is 11.8. The van der Waals surface area contributed by atoms with Crippen molar-refractivity contribution in [2.24, 2.45) is 0 Å². The van der Waals surface area contributed by atoms with Crippen LogP contribution in [0.1, 0.15) is 5.56 Å². The number of carbonyl (C=O) groups excluding carboxylic acids is 1. The van der Waals surface area contributed by atoms with Crippen LogP contribution in [0.2, 0.25) is 0 Å². The summed E-state index contributed by atoms with van der Waals surface area (Å²) in [5, 5.41) is 2.81. The topological polar surface area (TPSA) is 64.1 Å². The van der Waals surface area contributed by atoms with Crippen LogP contribution in [0.5, 0.6) is 5.75 Å². The van der Waals surface area contributed by atoms with Crippen LogP contribution in [-0.4, -0.2) is 21.3 Å². The standard InChI is InChI=1S/C15H13N3O2S/c19-14(16-9-11-5-2-1-3-6-11)10-20-13-8-4-7-12-15(13)18-21-17-12/h1-8H,9-10H2,(H,16,19). The maximum absolute atomic E-state index is 11.8. The summed E-state index contributed by atoms with van der Waals surface area (Å²) in [5.41, 5.74) is 2.53. The van der Waals surface area contributed by atoms with Gasteiger partial charge >= 0.3 is 0 Å². The molecule has 3 aromatic rings. The van der Waals surface area contributed by atoms with Crippen LogP contribution < -0.4 is 10.1 Å². The summed E-state index contributed by atoms with van der Waals surface area (Å²) in [6.45, 7) is 0.453. The Balaban J connectivity index is 1.55. The molecule has 0 unspecified atom stereocenters. The lowest BCUT2D eigenvalue weighted by Gasteiger charge is -2.07. The van der Waals surface area contributed by atoms with Gasteiger partial charge in [-0.2, -0.15) is 8.75 Å². The largest absolute Gasteiger partial charge is 0.481 e. The Hall–Kier alpha value is -2.47. The Labute approximate surface area is 125 Å². The highest BCUT2D eigenvalue weighted by molar-refractivity contribution is 7.00. The number of nitrogens with zero attached hydrogens (tertiary/aromatic N) is 2. The number of hydrogen-bond acceptors (Lipinski definition) is 5. The Morgan fingerprint density at radius 1 is 1.10 bits per heavy atom. The molecule has 6 heteroatoms. The van der Waals surface area contributed by atoms with Crippen LogP contribution >= 0.6 is 11.7 Å². The van der Waals surface area contributed by atoms with E-state index in [1.165, 1.54) is 0 Å². The second kappa shape index (κ2) is 6.32. The van der Waals surface area contributed by atoms with Crippen molar-refractivity contribution in [3.8, 4) is 5.75 Å². The number of fused-ring (bicyclic) bond motifs is 1. The van der Waals surface area contributed by atoms with Crippen molar-refractivity contribution in [3.05, 3.63) is 54.1 Å². The third-order valence-corrected chi connectivity index (χ3v) is 3.48. The Kier molecular flexibility index (Phi) is 4.07. The minimum atomic E-state index is -0.168. The van der Waals surface area contributed by atoms with Gasteiger partial charge in [0.05, 0.1) is 11.7 Å². The van der Waals surface area contributed by atoms with Crippen molar-refractivity contribution in [3.63, 3.8) is 0 Å². The Morgan fingerprint density at radius 2 is 1.95 bits per heavy atom. The first-order chi connectivity index (χ1) is 10.3. The van der Waals surface area contributed by atoms with E-state index >= 15 is 0 Å². The van der Waals surface area contributed by atoms with E-state index in [0.29, 0.717) is 17.8 Å². The van der Waals surface area contributed by atoms with Crippen LogP contribution in [0.4, 0.5) is 0 Å². The SMILES string of the molecule is O=C(COc1cccc2nsnc12)NCc1ccccc1. The molecule has 106 valence electrons. The Bertz CT molecular complexity index is 743. The monoisotopic (exact) mass is 299 g/mol. The molecule has 0 aliphatic carbocycles. The Morgan fingerprint density at radius 3 is 2.81 bits per heavy atom. The lowest BCUT2D eigenvalue weighted by Crippen LogP contribution is -2.28. The molecule has 1 aromatic heterocycles. The first kappa shape index (κ1) is 13.5. The number of amides is 1. The summed E-state index contributed by atoms with van der Waals surface area (Å²) in [6, 6.07) is 15.2. The fourth-order valence-corrected chi connectivity index (χ4v) is 2.43. The molecule has 0 saturated carbocycles. The molecule has 0 atom stereocenters. The normalized spacial score (nSPS) is 10.5. The molecule has 21 heavy (non-hydrogen) atoms. The van der Waals surface area contributed by atoms with E-state index in [-0.39, 0.29) is 12.5 Å². The summed E-state index contributed by atoms with van der Waals surface area (Å²) >= 11 is 1.13. The van der Waals surface area contributed by atoms with E-state index in [1.54, 1.807) is 6.07 Å². The van der Waals surface area contributed by atoms with Gasteiger partial charge in [-0.1, -0.05) is 36.4 Å². The molecule has 3 rings (SSSR count). The third-order valence-electron chi connectivity index (χ3n) is 2.94. The minimum Gasteiger partial charge on any atom is -0.481 e. The van der Waals surface area contributed by atoms with Gasteiger partial charge in [0.1, 0.15) is 16.8 Å². The maximum Gasteiger partial charge on any atom is 0.258 e. The van der Waals surface area contributed by atoms with Gasteiger partial charge in [-0.3, -0.25) is 4.79 Å². The highest BCUT2D eigenvalue weighted by atomic mass is 32.1. The zero-order valence-corrected chi connectivity index (χ0v) is 12.0. The summed E-state index contributed by atoms with van der Waals surface area (Å²) in [5.74, 6) is 0.412. The van der Waals surface area contributed by atoms with Crippen LogP contribution in [0.15, 0.2) is 48.5 Å². The van der Waals surface area contributed by atoms with Gasteiger partial charge in [-0.05, 0) is 17.7 Å². The van der Waals surface area contributed by atoms with Crippen LogP contribution in [-0.2, 0) is 11.3 Å². The zero-order chi connectivity index (χ0) is 14.5. The van der Waals surface area contributed by atoms with E-state index in [9.17, 15) is 4.79 Å². The lowest BCUT2D eigenvalue weighted by atomic mass is 10.2. The van der Waals surface area contributed by atoms with Crippen molar-refractivity contribution < 1.29 is 9.53 Å². The molecule has 0 aliphatic rings.